The summed E-state index contributed by atoms with van der Waals surface area (Å²) in [6, 6.07) is 12.8. The first-order chi connectivity index (χ1) is 9.16. The highest BCUT2D eigenvalue weighted by atomic mass is 79.9. The lowest BCUT2D eigenvalue weighted by Crippen LogP contribution is -2.08. The van der Waals surface area contributed by atoms with Crippen molar-refractivity contribution in [2.24, 2.45) is 0 Å². The topological polar surface area (TPSA) is 12.0 Å². The summed E-state index contributed by atoms with van der Waals surface area (Å²) >= 11 is 9.81. The molecule has 2 aromatic carbocycles. The number of benzene rings is 2. The van der Waals surface area contributed by atoms with Gasteiger partial charge in [-0.05, 0) is 54.7 Å². The molecule has 0 bridgehead atoms. The molecule has 0 radical (unpaired) electrons. The highest BCUT2D eigenvalue weighted by Crippen LogP contribution is 2.38. The molecule has 0 heterocycles. The first-order valence-corrected chi connectivity index (χ1v) is 7.63. The van der Waals surface area contributed by atoms with Crippen LogP contribution >= 0.6 is 27.5 Å². The first kappa shape index (κ1) is 13.0. The minimum absolute atomic E-state index is 0.379. The summed E-state index contributed by atoms with van der Waals surface area (Å²) in [6.07, 6.45) is 2.25. The summed E-state index contributed by atoms with van der Waals surface area (Å²) in [5.41, 5.74) is 5.08. The highest BCUT2D eigenvalue weighted by Gasteiger charge is 2.24. The second kappa shape index (κ2) is 5.18. The number of hydrogen-bond acceptors (Lipinski definition) is 1. The third-order valence-electron chi connectivity index (χ3n) is 3.81. The maximum atomic E-state index is 6.18. The number of nitrogens with one attached hydrogen (secondary N) is 1. The van der Waals surface area contributed by atoms with Gasteiger partial charge in [-0.2, -0.15) is 0 Å². The van der Waals surface area contributed by atoms with Gasteiger partial charge in [-0.15, -0.1) is 0 Å². The smallest absolute Gasteiger partial charge is 0.0520 e. The summed E-state index contributed by atoms with van der Waals surface area (Å²) in [5, 5.41) is 4.45. The van der Waals surface area contributed by atoms with Gasteiger partial charge < -0.3 is 5.32 Å². The zero-order valence-electron chi connectivity index (χ0n) is 10.7. The van der Waals surface area contributed by atoms with E-state index in [1.807, 2.05) is 12.1 Å². The van der Waals surface area contributed by atoms with E-state index < -0.39 is 0 Å². The molecule has 0 aliphatic heterocycles. The fourth-order valence-electron chi connectivity index (χ4n) is 2.71. The van der Waals surface area contributed by atoms with Gasteiger partial charge in [-0.1, -0.05) is 45.7 Å². The van der Waals surface area contributed by atoms with Gasteiger partial charge in [0.1, 0.15) is 0 Å². The van der Waals surface area contributed by atoms with Crippen molar-refractivity contribution in [3.8, 4) is 0 Å². The number of anilines is 1. The van der Waals surface area contributed by atoms with Crippen molar-refractivity contribution in [1.82, 2.24) is 0 Å². The van der Waals surface area contributed by atoms with Crippen LogP contribution in [0.1, 0.15) is 29.2 Å². The van der Waals surface area contributed by atoms with Crippen molar-refractivity contribution in [3.05, 3.63) is 62.6 Å². The minimum atomic E-state index is 0.379. The second-order valence-electron chi connectivity index (χ2n) is 4.96. The Hall–Kier alpha value is -0.990. The lowest BCUT2D eigenvalue weighted by molar-refractivity contribution is 0.761. The van der Waals surface area contributed by atoms with Crippen molar-refractivity contribution in [2.75, 3.05) is 5.32 Å². The Morgan fingerprint density at radius 2 is 2.00 bits per heavy atom. The lowest BCUT2D eigenvalue weighted by Gasteiger charge is -2.18. The Bertz CT molecular complexity index is 624. The Balaban J connectivity index is 1.91. The Morgan fingerprint density at radius 3 is 2.84 bits per heavy atom. The third kappa shape index (κ3) is 2.39. The van der Waals surface area contributed by atoms with Crippen LogP contribution in [-0.2, 0) is 6.42 Å². The maximum absolute atomic E-state index is 6.18. The van der Waals surface area contributed by atoms with E-state index in [1.165, 1.54) is 15.6 Å². The van der Waals surface area contributed by atoms with E-state index >= 15 is 0 Å². The molecule has 1 unspecified atom stereocenters. The molecule has 0 amide bonds. The largest absolute Gasteiger partial charge is 0.378 e. The van der Waals surface area contributed by atoms with Crippen LogP contribution in [0.2, 0.25) is 5.02 Å². The number of halogens is 2. The Kier molecular flexibility index (Phi) is 3.55. The van der Waals surface area contributed by atoms with Gasteiger partial charge in [0.15, 0.2) is 0 Å². The van der Waals surface area contributed by atoms with E-state index in [0.717, 1.165) is 29.1 Å². The Labute approximate surface area is 127 Å². The number of fused-ring (bicyclic) bond motifs is 1. The molecule has 98 valence electrons. The van der Waals surface area contributed by atoms with Crippen molar-refractivity contribution < 1.29 is 0 Å². The van der Waals surface area contributed by atoms with E-state index in [-0.39, 0.29) is 0 Å². The lowest BCUT2D eigenvalue weighted by atomic mass is 10.1. The highest BCUT2D eigenvalue weighted by molar-refractivity contribution is 9.10. The van der Waals surface area contributed by atoms with Crippen LogP contribution in [0.3, 0.4) is 0 Å². The number of rotatable bonds is 2. The molecule has 0 spiro atoms. The molecular formula is C16H15BrClN. The molecular weight excluding hydrogens is 322 g/mol. The zero-order chi connectivity index (χ0) is 13.4. The predicted molar refractivity (Wildman–Crippen MR) is 85.0 cm³/mol. The molecule has 1 N–H and O–H groups in total. The van der Waals surface area contributed by atoms with Gasteiger partial charge in [0.25, 0.3) is 0 Å². The molecule has 1 aliphatic carbocycles. The van der Waals surface area contributed by atoms with Gasteiger partial charge in [-0.3, -0.25) is 0 Å². The zero-order valence-corrected chi connectivity index (χ0v) is 13.1. The summed E-state index contributed by atoms with van der Waals surface area (Å²) in [6.45, 7) is 2.06. The average Bonchev–Trinajstić information content (AvgIpc) is 2.80. The van der Waals surface area contributed by atoms with Crippen molar-refractivity contribution >= 4 is 33.2 Å². The standard InChI is InChI=1S/C16H15BrClN/c1-10-14(18)6-3-7-15(10)19-16-9-8-11-12(16)4-2-5-13(11)17/h2-7,16,19H,8-9H2,1H3. The van der Waals surface area contributed by atoms with Crippen LogP contribution < -0.4 is 5.32 Å². The molecule has 0 fully saturated rings. The van der Waals surface area contributed by atoms with Crippen LogP contribution in [0, 0.1) is 6.92 Å². The number of hydrogen-bond donors (Lipinski definition) is 1. The van der Waals surface area contributed by atoms with Crippen LogP contribution in [0.5, 0.6) is 0 Å². The molecule has 2 aromatic rings. The second-order valence-corrected chi connectivity index (χ2v) is 6.22. The molecule has 0 saturated heterocycles. The van der Waals surface area contributed by atoms with Gasteiger partial charge in [0.05, 0.1) is 6.04 Å². The minimum Gasteiger partial charge on any atom is -0.378 e. The average molecular weight is 337 g/mol. The van der Waals surface area contributed by atoms with E-state index in [0.29, 0.717) is 6.04 Å². The fourth-order valence-corrected chi connectivity index (χ4v) is 3.47. The van der Waals surface area contributed by atoms with Crippen LogP contribution in [0.15, 0.2) is 40.9 Å². The Morgan fingerprint density at radius 1 is 1.21 bits per heavy atom. The van der Waals surface area contributed by atoms with Crippen molar-refractivity contribution in [1.29, 1.82) is 0 Å². The van der Waals surface area contributed by atoms with Crippen molar-refractivity contribution in [3.63, 3.8) is 0 Å². The van der Waals surface area contributed by atoms with Gasteiger partial charge >= 0.3 is 0 Å². The van der Waals surface area contributed by atoms with E-state index in [9.17, 15) is 0 Å². The van der Waals surface area contributed by atoms with Crippen molar-refractivity contribution in [2.45, 2.75) is 25.8 Å². The summed E-state index contributed by atoms with van der Waals surface area (Å²) in [4.78, 5) is 0. The van der Waals surface area contributed by atoms with Gasteiger partial charge in [0.2, 0.25) is 0 Å². The van der Waals surface area contributed by atoms with Gasteiger partial charge in [-0.25, -0.2) is 0 Å². The van der Waals surface area contributed by atoms with Crippen LogP contribution in [-0.4, -0.2) is 0 Å². The fraction of sp³-hybridized carbons (Fsp3) is 0.250. The van der Waals surface area contributed by atoms with Gasteiger partial charge in [0, 0.05) is 15.2 Å². The van der Waals surface area contributed by atoms with Crippen LogP contribution in [0.25, 0.3) is 0 Å². The quantitative estimate of drug-likeness (QED) is 0.762. The normalized spacial score (nSPS) is 17.3. The summed E-state index contributed by atoms with van der Waals surface area (Å²) in [7, 11) is 0. The van der Waals surface area contributed by atoms with E-state index in [2.05, 4.69) is 52.4 Å². The first-order valence-electron chi connectivity index (χ1n) is 6.46. The molecule has 0 saturated carbocycles. The third-order valence-corrected chi connectivity index (χ3v) is 4.96. The maximum Gasteiger partial charge on any atom is 0.0520 e. The summed E-state index contributed by atoms with van der Waals surface area (Å²) < 4.78 is 1.22. The van der Waals surface area contributed by atoms with E-state index in [1.54, 1.807) is 0 Å². The molecule has 3 heteroatoms. The molecule has 1 aliphatic rings. The van der Waals surface area contributed by atoms with E-state index in [4.69, 9.17) is 11.6 Å². The molecule has 19 heavy (non-hydrogen) atoms. The molecule has 1 nitrogen and oxygen atoms in total. The van der Waals surface area contributed by atoms with Crippen LogP contribution in [0.4, 0.5) is 5.69 Å². The predicted octanol–water partition coefficient (Wildman–Crippen LogP) is 5.51. The monoisotopic (exact) mass is 335 g/mol. The molecule has 0 aromatic heterocycles. The summed E-state index contributed by atoms with van der Waals surface area (Å²) in [5.74, 6) is 0. The molecule has 1 atom stereocenters. The SMILES string of the molecule is Cc1c(Cl)cccc1NC1CCc2c(Br)cccc21. The molecule has 3 rings (SSSR count).